The van der Waals surface area contributed by atoms with Crippen LogP contribution in [0.2, 0.25) is 0 Å². The van der Waals surface area contributed by atoms with Gasteiger partial charge in [0.2, 0.25) is 0 Å². The van der Waals surface area contributed by atoms with E-state index < -0.39 is 0 Å². The highest BCUT2D eigenvalue weighted by Crippen LogP contribution is 2.38. The highest BCUT2D eigenvalue weighted by molar-refractivity contribution is 5.50. The van der Waals surface area contributed by atoms with Crippen molar-refractivity contribution >= 4 is 0 Å². The summed E-state index contributed by atoms with van der Waals surface area (Å²) in [5.41, 5.74) is 8.20. The van der Waals surface area contributed by atoms with Gasteiger partial charge in [-0.05, 0) is 56.5 Å². The number of hydrogen-bond acceptors (Lipinski definition) is 4. The number of ether oxygens (including phenoxy) is 2. The van der Waals surface area contributed by atoms with Crippen LogP contribution in [0.25, 0.3) is 0 Å². The quantitative estimate of drug-likeness (QED) is 0.870. The average Bonchev–Trinajstić information content (AvgIpc) is 2.37. The van der Waals surface area contributed by atoms with Crippen LogP contribution in [0.3, 0.4) is 0 Å². The maximum atomic E-state index is 5.68. The van der Waals surface area contributed by atoms with E-state index in [1.807, 2.05) is 0 Å². The van der Waals surface area contributed by atoms with E-state index in [9.17, 15) is 0 Å². The minimum absolute atomic E-state index is 0.0764. The molecule has 0 bridgehead atoms. The first-order chi connectivity index (χ1) is 9.01. The molecular weight excluding hydrogens is 240 g/mol. The van der Waals surface area contributed by atoms with Crippen molar-refractivity contribution < 1.29 is 9.47 Å². The van der Waals surface area contributed by atoms with Crippen LogP contribution in [0.15, 0.2) is 12.1 Å². The summed E-state index contributed by atoms with van der Waals surface area (Å²) in [5, 5.41) is 3.66. The van der Waals surface area contributed by atoms with Crippen LogP contribution < -0.4 is 20.5 Å². The molecule has 0 fully saturated rings. The second-order valence-corrected chi connectivity index (χ2v) is 5.61. The molecule has 106 valence electrons. The zero-order valence-corrected chi connectivity index (χ0v) is 12.2. The number of nitrogens with two attached hydrogens (primary N) is 1. The Balaban J connectivity index is 2.44. The molecule has 1 heterocycles. The first-order valence-corrected chi connectivity index (χ1v) is 6.75. The van der Waals surface area contributed by atoms with Crippen molar-refractivity contribution in [3.63, 3.8) is 0 Å². The van der Waals surface area contributed by atoms with Gasteiger partial charge in [0.15, 0.2) is 11.5 Å². The molecule has 19 heavy (non-hydrogen) atoms. The average molecular weight is 264 g/mol. The fourth-order valence-electron chi connectivity index (χ4n) is 2.95. The maximum Gasteiger partial charge on any atom is 0.161 e. The standard InChI is InChI=1S/C15H24N2O2/c1-15(2)12-9-14(19-4)13(18-3)8-10(12)7-11(17-15)5-6-16/h8-9,11,17H,5-7,16H2,1-4H3. The monoisotopic (exact) mass is 264 g/mol. The van der Waals surface area contributed by atoms with Gasteiger partial charge in [-0.3, -0.25) is 0 Å². The van der Waals surface area contributed by atoms with Gasteiger partial charge in [0.05, 0.1) is 14.2 Å². The summed E-state index contributed by atoms with van der Waals surface area (Å²) >= 11 is 0. The van der Waals surface area contributed by atoms with Crippen LogP contribution in [0.5, 0.6) is 11.5 Å². The summed E-state index contributed by atoms with van der Waals surface area (Å²) in [6, 6.07) is 4.60. The van der Waals surface area contributed by atoms with E-state index in [4.69, 9.17) is 15.2 Å². The van der Waals surface area contributed by atoms with Crippen molar-refractivity contribution in [1.29, 1.82) is 0 Å². The molecule has 1 aromatic carbocycles. The maximum absolute atomic E-state index is 5.68. The zero-order chi connectivity index (χ0) is 14.0. The molecule has 4 nitrogen and oxygen atoms in total. The largest absolute Gasteiger partial charge is 0.493 e. The van der Waals surface area contributed by atoms with E-state index in [-0.39, 0.29) is 5.54 Å². The molecule has 0 aliphatic carbocycles. The lowest BCUT2D eigenvalue weighted by Gasteiger charge is -2.39. The Labute approximate surface area is 115 Å². The smallest absolute Gasteiger partial charge is 0.161 e. The Kier molecular flexibility index (Phi) is 4.02. The molecule has 1 aromatic rings. The predicted molar refractivity (Wildman–Crippen MR) is 76.9 cm³/mol. The van der Waals surface area contributed by atoms with E-state index in [0.29, 0.717) is 12.6 Å². The number of nitrogens with one attached hydrogen (secondary N) is 1. The third-order valence-electron chi connectivity index (χ3n) is 3.83. The molecular formula is C15H24N2O2. The summed E-state index contributed by atoms with van der Waals surface area (Å²) in [6.45, 7) is 5.09. The van der Waals surface area contributed by atoms with E-state index >= 15 is 0 Å². The van der Waals surface area contributed by atoms with Crippen molar-refractivity contribution in [1.82, 2.24) is 5.32 Å². The van der Waals surface area contributed by atoms with E-state index in [1.165, 1.54) is 11.1 Å². The lowest BCUT2D eigenvalue weighted by molar-refractivity contribution is 0.297. The first kappa shape index (κ1) is 14.2. The van der Waals surface area contributed by atoms with Crippen molar-refractivity contribution in [3.8, 4) is 11.5 Å². The number of rotatable bonds is 4. The Morgan fingerprint density at radius 1 is 1.26 bits per heavy atom. The van der Waals surface area contributed by atoms with Gasteiger partial charge in [-0.1, -0.05) is 0 Å². The fourth-order valence-corrected chi connectivity index (χ4v) is 2.95. The molecule has 1 aliphatic rings. The van der Waals surface area contributed by atoms with Gasteiger partial charge in [-0.2, -0.15) is 0 Å². The number of methoxy groups -OCH3 is 2. The Bertz CT molecular complexity index is 458. The summed E-state index contributed by atoms with van der Waals surface area (Å²) in [7, 11) is 3.35. The zero-order valence-electron chi connectivity index (χ0n) is 12.2. The molecule has 0 saturated heterocycles. The van der Waals surface area contributed by atoms with E-state index in [2.05, 4.69) is 31.3 Å². The number of hydrogen-bond donors (Lipinski definition) is 2. The topological polar surface area (TPSA) is 56.5 Å². The molecule has 1 atom stereocenters. The minimum Gasteiger partial charge on any atom is -0.493 e. The highest BCUT2D eigenvalue weighted by Gasteiger charge is 2.33. The van der Waals surface area contributed by atoms with Crippen molar-refractivity contribution in [2.24, 2.45) is 5.73 Å². The highest BCUT2D eigenvalue weighted by atomic mass is 16.5. The Hall–Kier alpha value is -1.26. The molecule has 0 saturated carbocycles. The van der Waals surface area contributed by atoms with Gasteiger partial charge in [0, 0.05) is 11.6 Å². The van der Waals surface area contributed by atoms with Crippen LogP contribution in [-0.4, -0.2) is 26.8 Å². The fraction of sp³-hybridized carbons (Fsp3) is 0.600. The Morgan fingerprint density at radius 3 is 2.47 bits per heavy atom. The second kappa shape index (κ2) is 5.39. The number of benzene rings is 1. The Morgan fingerprint density at radius 2 is 1.89 bits per heavy atom. The van der Waals surface area contributed by atoms with E-state index in [1.54, 1.807) is 14.2 Å². The summed E-state index contributed by atoms with van der Waals surface area (Å²) in [5.74, 6) is 1.58. The van der Waals surface area contributed by atoms with Gasteiger partial charge in [0.25, 0.3) is 0 Å². The SMILES string of the molecule is COc1cc2c(cc1OC)C(C)(C)NC(CCN)C2. The van der Waals surface area contributed by atoms with Gasteiger partial charge in [-0.15, -0.1) is 0 Å². The molecule has 4 heteroatoms. The molecule has 0 spiro atoms. The van der Waals surface area contributed by atoms with Crippen LogP contribution in [0, 0.1) is 0 Å². The lowest BCUT2D eigenvalue weighted by Crippen LogP contribution is -2.49. The van der Waals surface area contributed by atoms with Gasteiger partial charge in [0.1, 0.15) is 0 Å². The third-order valence-corrected chi connectivity index (χ3v) is 3.83. The van der Waals surface area contributed by atoms with E-state index in [0.717, 1.165) is 24.3 Å². The van der Waals surface area contributed by atoms with Crippen LogP contribution in [0.1, 0.15) is 31.4 Å². The molecule has 0 radical (unpaired) electrons. The van der Waals surface area contributed by atoms with Crippen molar-refractivity contribution in [3.05, 3.63) is 23.3 Å². The third kappa shape index (κ3) is 2.69. The van der Waals surface area contributed by atoms with Crippen LogP contribution >= 0.6 is 0 Å². The molecule has 0 amide bonds. The summed E-state index contributed by atoms with van der Waals surface area (Å²) in [6.07, 6.45) is 1.97. The second-order valence-electron chi connectivity index (χ2n) is 5.61. The van der Waals surface area contributed by atoms with Crippen molar-refractivity contribution in [2.75, 3.05) is 20.8 Å². The van der Waals surface area contributed by atoms with Crippen LogP contribution in [-0.2, 0) is 12.0 Å². The van der Waals surface area contributed by atoms with Gasteiger partial charge in [-0.25, -0.2) is 0 Å². The molecule has 0 aromatic heterocycles. The van der Waals surface area contributed by atoms with Gasteiger partial charge >= 0.3 is 0 Å². The molecule has 3 N–H and O–H groups in total. The number of fused-ring (bicyclic) bond motifs is 1. The predicted octanol–water partition coefficient (Wildman–Crippen LogP) is 1.80. The first-order valence-electron chi connectivity index (χ1n) is 6.75. The van der Waals surface area contributed by atoms with Crippen molar-refractivity contribution in [2.45, 2.75) is 38.3 Å². The lowest BCUT2D eigenvalue weighted by atomic mass is 9.81. The normalized spacial score (nSPS) is 20.8. The molecule has 1 aliphatic heterocycles. The molecule has 1 unspecified atom stereocenters. The molecule has 2 rings (SSSR count). The summed E-state index contributed by atoms with van der Waals surface area (Å²) < 4.78 is 10.8. The minimum atomic E-state index is -0.0764. The summed E-state index contributed by atoms with van der Waals surface area (Å²) in [4.78, 5) is 0. The van der Waals surface area contributed by atoms with Gasteiger partial charge < -0.3 is 20.5 Å². The van der Waals surface area contributed by atoms with Crippen LogP contribution in [0.4, 0.5) is 0 Å².